The summed E-state index contributed by atoms with van der Waals surface area (Å²) in [6.07, 6.45) is -0.0265. The third kappa shape index (κ3) is 10.2. The lowest BCUT2D eigenvalue weighted by Gasteiger charge is -2.19. The summed E-state index contributed by atoms with van der Waals surface area (Å²) in [6, 6.07) is 7.53. The maximum absolute atomic E-state index is 11.8. The quantitative estimate of drug-likeness (QED) is 0.532. The summed E-state index contributed by atoms with van der Waals surface area (Å²) in [6.45, 7) is 9.45. The van der Waals surface area contributed by atoms with Crippen molar-refractivity contribution in [2.75, 3.05) is 18.5 Å². The summed E-state index contributed by atoms with van der Waals surface area (Å²) < 4.78 is 10.0. The van der Waals surface area contributed by atoms with Crippen LogP contribution in [0.2, 0.25) is 0 Å². The van der Waals surface area contributed by atoms with Gasteiger partial charge in [-0.05, 0) is 50.8 Å². The molecular formula is C20H30N2O5. The van der Waals surface area contributed by atoms with Gasteiger partial charge in [-0.3, -0.25) is 9.59 Å². The van der Waals surface area contributed by atoms with Gasteiger partial charge in [0.1, 0.15) is 5.60 Å². The molecule has 2 amide bonds. The standard InChI is InChI=1S/C20H30N2O5/c1-14(2)15-8-10-16(11-9-15)22-17(23)13-26-18(24)7-6-12-21-19(25)27-20(3,4)5/h8-11,14H,6-7,12-13H2,1-5H3,(H,21,25)(H,22,23). The van der Waals surface area contributed by atoms with Gasteiger partial charge in [0.05, 0.1) is 0 Å². The Morgan fingerprint density at radius 3 is 2.26 bits per heavy atom. The van der Waals surface area contributed by atoms with E-state index >= 15 is 0 Å². The molecule has 0 bridgehead atoms. The molecule has 1 aromatic carbocycles. The minimum absolute atomic E-state index is 0.103. The minimum atomic E-state index is -0.564. The van der Waals surface area contributed by atoms with E-state index in [-0.39, 0.29) is 13.0 Å². The molecule has 0 aromatic heterocycles. The fraction of sp³-hybridized carbons (Fsp3) is 0.550. The Kier molecular flexibility index (Phi) is 8.78. The molecule has 7 nitrogen and oxygen atoms in total. The van der Waals surface area contributed by atoms with Gasteiger partial charge >= 0.3 is 12.1 Å². The van der Waals surface area contributed by atoms with Crippen LogP contribution < -0.4 is 10.6 Å². The lowest BCUT2D eigenvalue weighted by Crippen LogP contribution is -2.33. The third-order valence-electron chi connectivity index (χ3n) is 3.45. The summed E-state index contributed by atoms with van der Waals surface area (Å²) in [7, 11) is 0. The van der Waals surface area contributed by atoms with Gasteiger partial charge in [-0.1, -0.05) is 26.0 Å². The second-order valence-electron chi connectivity index (χ2n) is 7.52. The van der Waals surface area contributed by atoms with Gasteiger partial charge < -0.3 is 20.1 Å². The molecule has 0 saturated carbocycles. The monoisotopic (exact) mass is 378 g/mol. The predicted octanol–water partition coefficient (Wildman–Crippen LogP) is 3.60. The molecule has 2 N–H and O–H groups in total. The Balaban J connectivity index is 2.20. The Bertz CT molecular complexity index is 633. The van der Waals surface area contributed by atoms with E-state index in [0.717, 1.165) is 0 Å². The fourth-order valence-electron chi connectivity index (χ4n) is 2.10. The highest BCUT2D eigenvalue weighted by molar-refractivity contribution is 5.92. The van der Waals surface area contributed by atoms with Crippen LogP contribution in [-0.2, 0) is 19.1 Å². The van der Waals surface area contributed by atoms with Gasteiger partial charge in [0.15, 0.2) is 6.61 Å². The van der Waals surface area contributed by atoms with Crippen molar-refractivity contribution in [1.82, 2.24) is 5.32 Å². The second kappa shape index (κ2) is 10.5. The van der Waals surface area contributed by atoms with Crippen molar-refractivity contribution in [2.24, 2.45) is 0 Å². The largest absolute Gasteiger partial charge is 0.456 e. The first-order chi connectivity index (χ1) is 12.6. The second-order valence-corrected chi connectivity index (χ2v) is 7.52. The lowest BCUT2D eigenvalue weighted by molar-refractivity contribution is -0.147. The van der Waals surface area contributed by atoms with Crippen molar-refractivity contribution >= 4 is 23.7 Å². The summed E-state index contributed by atoms with van der Waals surface area (Å²) in [4.78, 5) is 34.9. The van der Waals surface area contributed by atoms with Gasteiger partial charge in [-0.2, -0.15) is 0 Å². The number of ether oxygens (including phenoxy) is 2. The van der Waals surface area contributed by atoms with Crippen molar-refractivity contribution < 1.29 is 23.9 Å². The van der Waals surface area contributed by atoms with Crippen LogP contribution in [0.1, 0.15) is 58.9 Å². The number of rotatable bonds is 8. The van der Waals surface area contributed by atoms with Crippen molar-refractivity contribution in [3.63, 3.8) is 0 Å². The molecule has 0 unspecified atom stereocenters. The van der Waals surface area contributed by atoms with Crippen LogP contribution in [0.4, 0.5) is 10.5 Å². The highest BCUT2D eigenvalue weighted by Gasteiger charge is 2.15. The van der Waals surface area contributed by atoms with Crippen LogP contribution in [0.25, 0.3) is 0 Å². The molecule has 0 atom stereocenters. The van der Waals surface area contributed by atoms with E-state index < -0.39 is 23.6 Å². The van der Waals surface area contributed by atoms with Crippen LogP contribution in [0.3, 0.4) is 0 Å². The topological polar surface area (TPSA) is 93.7 Å². The van der Waals surface area contributed by atoms with E-state index in [9.17, 15) is 14.4 Å². The zero-order valence-corrected chi connectivity index (χ0v) is 16.8. The van der Waals surface area contributed by atoms with Gasteiger partial charge in [-0.15, -0.1) is 0 Å². The van der Waals surface area contributed by atoms with E-state index in [1.54, 1.807) is 20.8 Å². The van der Waals surface area contributed by atoms with Crippen molar-refractivity contribution in [3.8, 4) is 0 Å². The first-order valence-electron chi connectivity index (χ1n) is 9.09. The Hall–Kier alpha value is -2.57. The molecule has 0 heterocycles. The molecule has 0 aliphatic carbocycles. The normalized spacial score (nSPS) is 11.0. The number of alkyl carbamates (subject to hydrolysis) is 1. The summed E-state index contributed by atoms with van der Waals surface area (Å²) in [5.41, 5.74) is 1.27. The number of esters is 1. The first-order valence-corrected chi connectivity index (χ1v) is 9.09. The lowest BCUT2D eigenvalue weighted by atomic mass is 10.0. The Labute approximate surface area is 160 Å². The van der Waals surface area contributed by atoms with Crippen molar-refractivity contribution in [2.45, 2.75) is 59.0 Å². The molecule has 0 spiro atoms. The molecule has 1 rings (SSSR count). The smallest absolute Gasteiger partial charge is 0.407 e. The molecule has 0 fully saturated rings. The zero-order valence-electron chi connectivity index (χ0n) is 16.8. The van der Waals surface area contributed by atoms with Crippen LogP contribution in [0.5, 0.6) is 0 Å². The number of carbonyl (C=O) groups excluding carboxylic acids is 3. The van der Waals surface area contributed by atoms with E-state index in [1.807, 2.05) is 24.3 Å². The number of benzene rings is 1. The van der Waals surface area contributed by atoms with Crippen LogP contribution in [0.15, 0.2) is 24.3 Å². The summed E-state index contributed by atoms with van der Waals surface area (Å²) in [5.74, 6) is -0.473. The summed E-state index contributed by atoms with van der Waals surface area (Å²) >= 11 is 0. The SMILES string of the molecule is CC(C)c1ccc(NC(=O)COC(=O)CCCNC(=O)OC(C)(C)C)cc1. The average Bonchev–Trinajstić information content (AvgIpc) is 2.56. The van der Waals surface area contributed by atoms with Gasteiger partial charge in [0.25, 0.3) is 5.91 Å². The Morgan fingerprint density at radius 1 is 1.07 bits per heavy atom. The molecule has 1 aromatic rings. The van der Waals surface area contributed by atoms with Crippen LogP contribution in [-0.4, -0.2) is 36.7 Å². The van der Waals surface area contributed by atoms with E-state index in [2.05, 4.69) is 24.5 Å². The molecule has 0 saturated heterocycles. The van der Waals surface area contributed by atoms with E-state index in [1.165, 1.54) is 5.56 Å². The number of hydrogen-bond acceptors (Lipinski definition) is 5. The van der Waals surface area contributed by atoms with Gasteiger partial charge in [0, 0.05) is 18.7 Å². The van der Waals surface area contributed by atoms with Crippen molar-refractivity contribution in [1.29, 1.82) is 0 Å². The number of hydrogen-bond donors (Lipinski definition) is 2. The molecule has 0 radical (unpaired) electrons. The highest BCUT2D eigenvalue weighted by atomic mass is 16.6. The average molecular weight is 378 g/mol. The van der Waals surface area contributed by atoms with Gasteiger partial charge in [0.2, 0.25) is 0 Å². The fourth-order valence-corrected chi connectivity index (χ4v) is 2.10. The molecular weight excluding hydrogens is 348 g/mol. The molecule has 150 valence electrons. The number of nitrogens with one attached hydrogen (secondary N) is 2. The van der Waals surface area contributed by atoms with Gasteiger partial charge in [-0.25, -0.2) is 4.79 Å². The highest BCUT2D eigenvalue weighted by Crippen LogP contribution is 2.17. The van der Waals surface area contributed by atoms with Crippen molar-refractivity contribution in [3.05, 3.63) is 29.8 Å². The van der Waals surface area contributed by atoms with E-state index in [4.69, 9.17) is 9.47 Å². The molecule has 0 aliphatic rings. The predicted molar refractivity (Wildman–Crippen MR) is 104 cm³/mol. The number of anilines is 1. The first kappa shape index (κ1) is 22.5. The summed E-state index contributed by atoms with van der Waals surface area (Å²) in [5, 5.41) is 5.23. The van der Waals surface area contributed by atoms with Crippen LogP contribution in [0, 0.1) is 0 Å². The Morgan fingerprint density at radius 2 is 1.70 bits per heavy atom. The number of carbonyl (C=O) groups is 3. The maximum Gasteiger partial charge on any atom is 0.407 e. The number of amides is 2. The minimum Gasteiger partial charge on any atom is -0.456 e. The molecule has 7 heteroatoms. The molecule has 27 heavy (non-hydrogen) atoms. The maximum atomic E-state index is 11.8. The third-order valence-corrected chi connectivity index (χ3v) is 3.45. The zero-order chi connectivity index (χ0) is 20.4. The molecule has 0 aliphatic heterocycles. The van der Waals surface area contributed by atoms with Crippen LogP contribution >= 0.6 is 0 Å². The van der Waals surface area contributed by atoms with E-state index in [0.29, 0.717) is 24.6 Å².